The van der Waals surface area contributed by atoms with Crippen molar-refractivity contribution in [2.45, 2.75) is 6.61 Å². The number of hydrogen-bond acceptors (Lipinski definition) is 4. The molecule has 0 spiro atoms. The van der Waals surface area contributed by atoms with Gasteiger partial charge >= 0.3 is 0 Å². The molecule has 2 aromatic carbocycles. The highest BCUT2D eigenvalue weighted by atomic mass is 35.5. The van der Waals surface area contributed by atoms with Crippen LogP contribution in [0, 0.1) is 17.5 Å². The molecule has 0 radical (unpaired) electrons. The Kier molecular flexibility index (Phi) is 9.35. The summed E-state index contributed by atoms with van der Waals surface area (Å²) in [6.45, 7) is 0.0872. The summed E-state index contributed by atoms with van der Waals surface area (Å²) in [7, 11) is 0. The van der Waals surface area contributed by atoms with Crippen molar-refractivity contribution in [3.8, 4) is 11.5 Å². The van der Waals surface area contributed by atoms with E-state index in [1.807, 2.05) is 0 Å². The summed E-state index contributed by atoms with van der Waals surface area (Å²) in [5.74, 6) is -2.30. The van der Waals surface area contributed by atoms with Crippen LogP contribution in [0.25, 0.3) is 0 Å². The molecule has 0 bridgehead atoms. The summed E-state index contributed by atoms with van der Waals surface area (Å²) in [5, 5.41) is 0. The lowest BCUT2D eigenvalue weighted by molar-refractivity contribution is 0.273. The summed E-state index contributed by atoms with van der Waals surface area (Å²) in [6.07, 6.45) is 0. The topological polar surface area (TPSA) is 70.5 Å². The highest BCUT2D eigenvalue weighted by Crippen LogP contribution is 2.26. The quantitative estimate of drug-likeness (QED) is 0.748. The van der Waals surface area contributed by atoms with Gasteiger partial charge in [0.2, 0.25) is 0 Å². The fourth-order valence-electron chi connectivity index (χ4n) is 1.78. The van der Waals surface area contributed by atoms with Crippen LogP contribution < -0.4 is 20.9 Å². The molecule has 0 amide bonds. The van der Waals surface area contributed by atoms with Gasteiger partial charge in [0.05, 0.1) is 11.3 Å². The lowest BCUT2D eigenvalue weighted by Gasteiger charge is -2.13. The van der Waals surface area contributed by atoms with E-state index in [4.69, 9.17) is 20.9 Å². The standard InChI is InChI=1S/C15H15F3N2O2.2ClH/c16-11-2-1-9(7-13(11)20)22-8-10-14(21-6-5-19)4-3-12(17)15(10)18;;/h1-4,7H,5-6,8,19-20H2;2*1H. The van der Waals surface area contributed by atoms with Gasteiger partial charge in [0, 0.05) is 12.6 Å². The molecule has 24 heavy (non-hydrogen) atoms. The van der Waals surface area contributed by atoms with Gasteiger partial charge in [0.15, 0.2) is 11.6 Å². The summed E-state index contributed by atoms with van der Waals surface area (Å²) in [4.78, 5) is 0. The van der Waals surface area contributed by atoms with Gasteiger partial charge in [0.1, 0.15) is 30.5 Å². The van der Waals surface area contributed by atoms with Crippen molar-refractivity contribution in [1.82, 2.24) is 0 Å². The van der Waals surface area contributed by atoms with Gasteiger partial charge < -0.3 is 20.9 Å². The first kappa shape index (κ1) is 22.2. The maximum absolute atomic E-state index is 13.9. The molecular formula is C15H17Cl2F3N2O2. The first-order valence-electron chi connectivity index (χ1n) is 6.50. The van der Waals surface area contributed by atoms with E-state index in [2.05, 4.69) is 0 Å². The van der Waals surface area contributed by atoms with Crippen molar-refractivity contribution in [2.24, 2.45) is 5.73 Å². The molecule has 0 unspecified atom stereocenters. The average Bonchev–Trinajstić information content (AvgIpc) is 2.51. The molecule has 0 aromatic heterocycles. The summed E-state index contributed by atoms with van der Waals surface area (Å²) in [5.41, 5.74) is 10.5. The third kappa shape index (κ3) is 5.36. The number of hydrogen-bond donors (Lipinski definition) is 2. The maximum atomic E-state index is 13.9. The monoisotopic (exact) mass is 384 g/mol. The fraction of sp³-hybridized carbons (Fsp3) is 0.200. The third-order valence-corrected chi connectivity index (χ3v) is 2.88. The molecule has 0 aliphatic carbocycles. The Morgan fingerprint density at radius 3 is 2.21 bits per heavy atom. The highest BCUT2D eigenvalue weighted by molar-refractivity contribution is 5.85. The van der Waals surface area contributed by atoms with E-state index < -0.39 is 17.5 Å². The van der Waals surface area contributed by atoms with Crippen LogP contribution in [0.1, 0.15) is 5.56 Å². The maximum Gasteiger partial charge on any atom is 0.169 e. The molecule has 0 aliphatic rings. The molecule has 0 aliphatic heterocycles. The molecule has 0 atom stereocenters. The van der Waals surface area contributed by atoms with Crippen LogP contribution in [0.4, 0.5) is 18.9 Å². The van der Waals surface area contributed by atoms with Crippen molar-refractivity contribution in [2.75, 3.05) is 18.9 Å². The summed E-state index contributed by atoms with van der Waals surface area (Å²) in [6, 6.07) is 5.97. The Bertz CT molecular complexity index is 675. The molecule has 0 fully saturated rings. The van der Waals surface area contributed by atoms with Crippen molar-refractivity contribution in [3.05, 3.63) is 53.3 Å². The number of rotatable bonds is 6. The van der Waals surface area contributed by atoms with Crippen LogP contribution in [0.5, 0.6) is 11.5 Å². The van der Waals surface area contributed by atoms with E-state index in [0.717, 1.165) is 12.1 Å². The molecule has 2 aromatic rings. The minimum Gasteiger partial charge on any atom is -0.492 e. The number of halogens is 5. The van der Waals surface area contributed by atoms with Crippen LogP contribution in [0.3, 0.4) is 0 Å². The van der Waals surface area contributed by atoms with Gasteiger partial charge in [-0.15, -0.1) is 24.8 Å². The van der Waals surface area contributed by atoms with Gasteiger partial charge in [-0.2, -0.15) is 0 Å². The second kappa shape index (κ2) is 10.1. The van der Waals surface area contributed by atoms with Crippen LogP contribution in [-0.2, 0) is 6.61 Å². The zero-order valence-corrected chi connectivity index (χ0v) is 14.1. The van der Waals surface area contributed by atoms with Crippen molar-refractivity contribution in [1.29, 1.82) is 0 Å². The lowest BCUT2D eigenvalue weighted by Crippen LogP contribution is -2.13. The lowest BCUT2D eigenvalue weighted by atomic mass is 10.2. The van der Waals surface area contributed by atoms with E-state index in [1.54, 1.807) is 0 Å². The molecule has 0 saturated carbocycles. The largest absolute Gasteiger partial charge is 0.492 e. The molecule has 2 rings (SSSR count). The van der Waals surface area contributed by atoms with Gasteiger partial charge in [-0.1, -0.05) is 0 Å². The average molecular weight is 385 g/mol. The van der Waals surface area contributed by atoms with Gasteiger partial charge in [-0.05, 0) is 24.3 Å². The fourth-order valence-corrected chi connectivity index (χ4v) is 1.78. The van der Waals surface area contributed by atoms with Gasteiger partial charge in [-0.25, -0.2) is 13.2 Å². The molecular weight excluding hydrogens is 368 g/mol. The van der Waals surface area contributed by atoms with Crippen LogP contribution in [0.2, 0.25) is 0 Å². The van der Waals surface area contributed by atoms with Gasteiger partial charge in [-0.3, -0.25) is 0 Å². The Morgan fingerprint density at radius 2 is 1.58 bits per heavy atom. The number of nitrogens with two attached hydrogens (primary N) is 2. The molecule has 134 valence electrons. The smallest absolute Gasteiger partial charge is 0.169 e. The summed E-state index contributed by atoms with van der Waals surface area (Å²) >= 11 is 0. The molecule has 4 nitrogen and oxygen atoms in total. The van der Waals surface area contributed by atoms with E-state index >= 15 is 0 Å². The van der Waals surface area contributed by atoms with Crippen molar-refractivity contribution in [3.63, 3.8) is 0 Å². The Labute approximate surface area is 149 Å². The SMILES string of the molecule is Cl.Cl.NCCOc1ccc(F)c(F)c1COc1ccc(F)c(N)c1. The second-order valence-corrected chi connectivity index (χ2v) is 4.45. The molecule has 0 heterocycles. The second-order valence-electron chi connectivity index (χ2n) is 4.45. The first-order valence-corrected chi connectivity index (χ1v) is 6.50. The van der Waals surface area contributed by atoms with E-state index in [0.29, 0.717) is 0 Å². The van der Waals surface area contributed by atoms with Crippen LogP contribution in [-0.4, -0.2) is 13.2 Å². The Balaban J connectivity index is 0.00000264. The molecule has 9 heteroatoms. The minimum absolute atomic E-state index is 0. The van der Waals surface area contributed by atoms with E-state index in [-0.39, 0.29) is 67.3 Å². The zero-order chi connectivity index (χ0) is 16.1. The molecule has 0 saturated heterocycles. The highest BCUT2D eigenvalue weighted by Gasteiger charge is 2.15. The number of benzene rings is 2. The normalized spacial score (nSPS) is 9.67. The third-order valence-electron chi connectivity index (χ3n) is 2.88. The van der Waals surface area contributed by atoms with Gasteiger partial charge in [0.25, 0.3) is 0 Å². The minimum atomic E-state index is -1.07. The Morgan fingerprint density at radius 1 is 0.917 bits per heavy atom. The van der Waals surface area contributed by atoms with Crippen LogP contribution >= 0.6 is 24.8 Å². The van der Waals surface area contributed by atoms with Crippen molar-refractivity contribution < 1.29 is 22.6 Å². The zero-order valence-electron chi connectivity index (χ0n) is 12.4. The number of ether oxygens (including phenoxy) is 2. The predicted octanol–water partition coefficient (Wildman–Crippen LogP) is 3.45. The number of anilines is 1. The van der Waals surface area contributed by atoms with E-state index in [1.165, 1.54) is 18.2 Å². The molecule has 4 N–H and O–H groups in total. The predicted molar refractivity (Wildman–Crippen MR) is 90.5 cm³/mol. The van der Waals surface area contributed by atoms with Crippen LogP contribution in [0.15, 0.2) is 30.3 Å². The number of nitrogen functional groups attached to an aromatic ring is 1. The van der Waals surface area contributed by atoms with Crippen molar-refractivity contribution >= 4 is 30.5 Å². The van der Waals surface area contributed by atoms with E-state index in [9.17, 15) is 13.2 Å². The Hall–Kier alpha value is -1.83. The summed E-state index contributed by atoms with van der Waals surface area (Å²) < 4.78 is 50.9. The first-order chi connectivity index (χ1) is 10.5.